The van der Waals surface area contributed by atoms with Crippen LogP contribution in [0.2, 0.25) is 0 Å². The summed E-state index contributed by atoms with van der Waals surface area (Å²) in [5, 5.41) is 13.9. The summed E-state index contributed by atoms with van der Waals surface area (Å²) in [5.74, 6) is -1.11. The lowest BCUT2D eigenvalue weighted by Crippen LogP contribution is -2.45. The number of carbonyl (C=O) groups excluding carboxylic acids is 1. The monoisotopic (exact) mass is 336 g/mol. The van der Waals surface area contributed by atoms with Crippen molar-refractivity contribution in [1.82, 2.24) is 9.88 Å². The lowest BCUT2D eigenvalue weighted by atomic mass is 10.2. The van der Waals surface area contributed by atoms with Gasteiger partial charge in [-0.15, -0.1) is 22.7 Å². The Labute approximate surface area is 136 Å². The molecular weight excluding hydrogens is 320 g/mol. The number of carboxylic acids is 1. The molecule has 1 aliphatic carbocycles. The van der Waals surface area contributed by atoms with Gasteiger partial charge >= 0.3 is 5.97 Å². The molecule has 0 radical (unpaired) electrons. The van der Waals surface area contributed by atoms with Crippen LogP contribution in [0.3, 0.4) is 0 Å². The molecule has 2 heterocycles. The molecule has 0 aliphatic heterocycles. The quantitative estimate of drug-likeness (QED) is 0.880. The normalized spacial score (nSPS) is 15.5. The van der Waals surface area contributed by atoms with Crippen LogP contribution in [0.1, 0.15) is 25.5 Å². The first kappa shape index (κ1) is 15.2. The van der Waals surface area contributed by atoms with Crippen LogP contribution < -0.4 is 0 Å². The minimum absolute atomic E-state index is 0.0778. The van der Waals surface area contributed by atoms with Crippen LogP contribution in [-0.4, -0.2) is 39.0 Å². The predicted molar refractivity (Wildman–Crippen MR) is 86.1 cm³/mol. The largest absolute Gasteiger partial charge is 0.480 e. The van der Waals surface area contributed by atoms with E-state index in [1.54, 1.807) is 18.3 Å². The van der Waals surface area contributed by atoms with Gasteiger partial charge in [-0.1, -0.05) is 6.07 Å². The Morgan fingerprint density at radius 1 is 1.45 bits per heavy atom. The van der Waals surface area contributed by atoms with Crippen molar-refractivity contribution in [3.63, 3.8) is 0 Å². The summed E-state index contributed by atoms with van der Waals surface area (Å²) >= 11 is 3.13. The van der Waals surface area contributed by atoms with E-state index in [2.05, 4.69) is 4.98 Å². The molecule has 5 nitrogen and oxygen atoms in total. The van der Waals surface area contributed by atoms with Gasteiger partial charge in [0.15, 0.2) is 0 Å². The zero-order chi connectivity index (χ0) is 15.7. The fraction of sp³-hybridized carbons (Fsp3) is 0.400. The summed E-state index contributed by atoms with van der Waals surface area (Å²) < 4.78 is 0. The van der Waals surface area contributed by atoms with Crippen LogP contribution >= 0.6 is 22.7 Å². The average molecular weight is 336 g/mol. The lowest BCUT2D eigenvalue weighted by molar-refractivity contribution is -0.149. The van der Waals surface area contributed by atoms with Crippen LogP contribution in [0.4, 0.5) is 0 Å². The lowest BCUT2D eigenvalue weighted by Gasteiger charge is -2.26. The van der Waals surface area contributed by atoms with Crippen molar-refractivity contribution < 1.29 is 14.7 Å². The number of hydrogen-bond acceptors (Lipinski definition) is 5. The van der Waals surface area contributed by atoms with Crippen molar-refractivity contribution in [2.45, 2.75) is 38.3 Å². The number of nitrogens with zero attached hydrogens (tertiary/aromatic N) is 2. The SMILES string of the molecule is CC(C(=O)O)N(C(=O)Cc1csc(-c2cccs2)n1)C1CC1. The van der Waals surface area contributed by atoms with Crippen LogP contribution in [0.15, 0.2) is 22.9 Å². The predicted octanol–water partition coefficient (Wildman–Crippen LogP) is 2.88. The van der Waals surface area contributed by atoms with Crippen molar-refractivity contribution in [2.75, 3.05) is 0 Å². The zero-order valence-electron chi connectivity index (χ0n) is 12.1. The van der Waals surface area contributed by atoms with Crippen molar-refractivity contribution >= 4 is 34.6 Å². The van der Waals surface area contributed by atoms with Gasteiger partial charge in [0.05, 0.1) is 17.0 Å². The summed E-state index contributed by atoms with van der Waals surface area (Å²) in [6.07, 6.45) is 1.94. The molecule has 1 aliphatic rings. The van der Waals surface area contributed by atoms with Crippen molar-refractivity contribution in [2.24, 2.45) is 0 Å². The highest BCUT2D eigenvalue weighted by molar-refractivity contribution is 7.20. The molecule has 1 N–H and O–H groups in total. The van der Waals surface area contributed by atoms with E-state index in [9.17, 15) is 9.59 Å². The van der Waals surface area contributed by atoms with E-state index >= 15 is 0 Å². The molecule has 1 amide bonds. The van der Waals surface area contributed by atoms with E-state index in [-0.39, 0.29) is 18.4 Å². The van der Waals surface area contributed by atoms with Gasteiger partial charge in [0.2, 0.25) is 5.91 Å². The highest BCUT2D eigenvalue weighted by Gasteiger charge is 2.38. The van der Waals surface area contributed by atoms with Gasteiger partial charge in [-0.05, 0) is 31.2 Å². The molecule has 2 aromatic heterocycles. The smallest absolute Gasteiger partial charge is 0.326 e. The third kappa shape index (κ3) is 3.20. The standard InChI is InChI=1S/C15H16N2O3S2/c1-9(15(19)20)17(11-4-5-11)13(18)7-10-8-22-14(16-10)12-3-2-6-21-12/h2-3,6,8-9,11H,4-5,7H2,1H3,(H,19,20). The van der Waals surface area contributed by atoms with Gasteiger partial charge in [-0.2, -0.15) is 0 Å². The van der Waals surface area contributed by atoms with E-state index < -0.39 is 12.0 Å². The highest BCUT2D eigenvalue weighted by Crippen LogP contribution is 2.31. The Hall–Kier alpha value is -1.73. The van der Waals surface area contributed by atoms with Gasteiger partial charge in [0, 0.05) is 11.4 Å². The maximum atomic E-state index is 12.5. The fourth-order valence-electron chi connectivity index (χ4n) is 2.36. The number of carboxylic acid groups (broad SMARTS) is 1. The molecule has 1 unspecified atom stereocenters. The molecule has 0 aromatic carbocycles. The zero-order valence-corrected chi connectivity index (χ0v) is 13.7. The van der Waals surface area contributed by atoms with Crippen molar-refractivity contribution in [3.05, 3.63) is 28.6 Å². The molecule has 0 spiro atoms. The second-order valence-electron chi connectivity index (χ2n) is 5.34. The fourth-order valence-corrected chi connectivity index (χ4v) is 3.99. The molecule has 1 fully saturated rings. The number of aliphatic carboxylic acids is 1. The topological polar surface area (TPSA) is 70.5 Å². The first-order chi connectivity index (χ1) is 10.6. The number of aromatic nitrogens is 1. The molecule has 2 aromatic rings. The molecule has 3 rings (SSSR count). The highest BCUT2D eigenvalue weighted by atomic mass is 32.1. The molecule has 116 valence electrons. The van der Waals surface area contributed by atoms with Gasteiger partial charge in [-0.25, -0.2) is 9.78 Å². The third-order valence-corrected chi connectivity index (χ3v) is 5.55. The van der Waals surface area contributed by atoms with Crippen molar-refractivity contribution in [1.29, 1.82) is 0 Å². The van der Waals surface area contributed by atoms with E-state index in [1.807, 2.05) is 22.9 Å². The summed E-state index contributed by atoms with van der Waals surface area (Å²) in [5.41, 5.74) is 0.710. The van der Waals surface area contributed by atoms with E-state index in [1.165, 1.54) is 16.2 Å². The van der Waals surface area contributed by atoms with Gasteiger partial charge < -0.3 is 10.0 Å². The Kier molecular flexibility index (Phi) is 4.26. The number of amides is 1. The summed E-state index contributed by atoms with van der Waals surface area (Å²) in [6.45, 7) is 1.57. The van der Waals surface area contributed by atoms with Gasteiger partial charge in [0.25, 0.3) is 0 Å². The Morgan fingerprint density at radius 2 is 2.23 bits per heavy atom. The first-order valence-electron chi connectivity index (χ1n) is 7.08. The van der Waals surface area contributed by atoms with Gasteiger partial charge in [-0.3, -0.25) is 4.79 Å². The summed E-state index contributed by atoms with van der Waals surface area (Å²) in [6, 6.07) is 3.26. The number of thiophene rings is 1. The van der Waals surface area contributed by atoms with Crippen molar-refractivity contribution in [3.8, 4) is 9.88 Å². The van der Waals surface area contributed by atoms with Crippen LogP contribution in [0.5, 0.6) is 0 Å². The van der Waals surface area contributed by atoms with E-state index in [4.69, 9.17) is 5.11 Å². The molecule has 22 heavy (non-hydrogen) atoms. The first-order valence-corrected chi connectivity index (χ1v) is 8.84. The van der Waals surface area contributed by atoms with E-state index in [0.29, 0.717) is 5.69 Å². The maximum absolute atomic E-state index is 12.5. The third-order valence-electron chi connectivity index (χ3n) is 3.62. The molecule has 7 heteroatoms. The number of hydrogen-bond donors (Lipinski definition) is 1. The molecule has 0 saturated heterocycles. The second-order valence-corrected chi connectivity index (χ2v) is 7.15. The average Bonchev–Trinajstić information content (AvgIpc) is 2.99. The van der Waals surface area contributed by atoms with Crippen LogP contribution in [0.25, 0.3) is 9.88 Å². The maximum Gasteiger partial charge on any atom is 0.326 e. The van der Waals surface area contributed by atoms with Crippen LogP contribution in [-0.2, 0) is 16.0 Å². The number of rotatable bonds is 6. The van der Waals surface area contributed by atoms with Gasteiger partial charge in [0.1, 0.15) is 11.0 Å². The Balaban J connectivity index is 1.71. The molecule has 1 saturated carbocycles. The molecule has 1 atom stereocenters. The number of thiazole rings is 1. The van der Waals surface area contributed by atoms with Crippen LogP contribution in [0, 0.1) is 0 Å². The number of carbonyl (C=O) groups is 2. The summed E-state index contributed by atoms with van der Waals surface area (Å²) in [7, 11) is 0. The minimum Gasteiger partial charge on any atom is -0.480 e. The molecular formula is C15H16N2O3S2. The van der Waals surface area contributed by atoms with E-state index in [0.717, 1.165) is 22.7 Å². The Bertz CT molecular complexity index is 677. The minimum atomic E-state index is -0.960. The molecule has 0 bridgehead atoms. The Morgan fingerprint density at radius 3 is 2.82 bits per heavy atom. The summed E-state index contributed by atoms with van der Waals surface area (Å²) in [4.78, 5) is 30.7. The second kappa shape index (κ2) is 6.18.